The predicted octanol–water partition coefficient (Wildman–Crippen LogP) is 0.794. The number of aromatic hydroxyl groups is 1. The summed E-state index contributed by atoms with van der Waals surface area (Å²) in [4.78, 5) is 0. The molecule has 104 valence electrons. The van der Waals surface area contributed by atoms with E-state index in [1.165, 1.54) is 12.1 Å². The first-order valence-electron chi connectivity index (χ1n) is 5.53. The highest BCUT2D eigenvalue weighted by Crippen LogP contribution is 2.35. The molecule has 1 aliphatic rings. The van der Waals surface area contributed by atoms with Gasteiger partial charge < -0.3 is 10.2 Å². The van der Waals surface area contributed by atoms with Crippen molar-refractivity contribution in [3.63, 3.8) is 0 Å². The first kappa shape index (κ1) is 12.4. The number of aliphatic hydroxyl groups is 1. The van der Waals surface area contributed by atoms with Gasteiger partial charge in [0.2, 0.25) is 5.88 Å². The van der Waals surface area contributed by atoms with Crippen molar-refractivity contribution < 1.29 is 18.6 Å². The summed E-state index contributed by atoms with van der Waals surface area (Å²) in [7, 11) is -3.94. The number of aromatic amines is 1. The van der Waals surface area contributed by atoms with Crippen LogP contribution in [0.15, 0.2) is 42.5 Å². The van der Waals surface area contributed by atoms with E-state index in [1.807, 2.05) is 4.72 Å². The molecule has 2 heterocycles. The zero-order valence-corrected chi connectivity index (χ0v) is 10.8. The molecule has 0 saturated carbocycles. The molecule has 0 atom stereocenters. The van der Waals surface area contributed by atoms with Crippen molar-refractivity contribution >= 4 is 15.9 Å². The number of phenols is 1. The molecule has 0 spiro atoms. The van der Waals surface area contributed by atoms with Crippen LogP contribution in [-0.2, 0) is 10.2 Å². The zero-order chi connectivity index (χ0) is 14.3. The second-order valence-electron chi connectivity index (χ2n) is 4.09. The van der Waals surface area contributed by atoms with Gasteiger partial charge in [0.25, 0.3) is 0 Å². The maximum absolute atomic E-state index is 11.8. The Bertz CT molecular complexity index is 783. The quantitative estimate of drug-likeness (QED) is 0.653. The molecule has 1 aromatic heterocycles. The number of anilines is 1. The first-order valence-corrected chi connectivity index (χ1v) is 6.97. The molecular weight excluding hydrogens is 284 g/mol. The van der Waals surface area contributed by atoms with E-state index in [-0.39, 0.29) is 11.4 Å². The van der Waals surface area contributed by atoms with Crippen LogP contribution in [0.4, 0.5) is 5.69 Å². The van der Waals surface area contributed by atoms with Gasteiger partial charge in [-0.2, -0.15) is 13.5 Å². The molecule has 8 nitrogen and oxygen atoms in total. The average molecular weight is 294 g/mol. The summed E-state index contributed by atoms with van der Waals surface area (Å²) in [5.41, 5.74) is 1.34. The topological polar surface area (TPSA) is 119 Å². The second kappa shape index (κ2) is 4.17. The number of rotatable bonds is 2. The van der Waals surface area contributed by atoms with E-state index in [0.29, 0.717) is 11.3 Å². The summed E-state index contributed by atoms with van der Waals surface area (Å²) in [6, 6.07) is 6.16. The number of aliphatic hydroxyl groups excluding tert-OH is 1. The lowest BCUT2D eigenvalue weighted by Crippen LogP contribution is -2.29. The minimum atomic E-state index is -3.94. The molecule has 0 saturated heterocycles. The highest BCUT2D eigenvalue weighted by atomic mass is 32.2. The van der Waals surface area contributed by atoms with Gasteiger partial charge in [-0.3, -0.25) is 5.10 Å². The highest BCUT2D eigenvalue weighted by molar-refractivity contribution is 7.91. The van der Waals surface area contributed by atoms with Gasteiger partial charge >= 0.3 is 10.2 Å². The van der Waals surface area contributed by atoms with Gasteiger partial charge in [0.15, 0.2) is 0 Å². The molecule has 9 heteroatoms. The number of hydrogen-bond donors (Lipinski definition) is 4. The van der Waals surface area contributed by atoms with Gasteiger partial charge in [-0.25, -0.2) is 9.03 Å². The van der Waals surface area contributed by atoms with Crippen molar-refractivity contribution in [2.75, 3.05) is 4.31 Å². The van der Waals surface area contributed by atoms with E-state index in [2.05, 4.69) is 10.2 Å². The van der Waals surface area contributed by atoms with Gasteiger partial charge in [0.1, 0.15) is 11.4 Å². The first-order chi connectivity index (χ1) is 9.47. The number of H-pyrrole nitrogens is 1. The molecule has 1 aliphatic heterocycles. The van der Waals surface area contributed by atoms with Gasteiger partial charge in [0.05, 0.1) is 11.9 Å². The van der Waals surface area contributed by atoms with Crippen LogP contribution < -0.4 is 9.03 Å². The minimum Gasteiger partial charge on any atom is -0.506 e. The van der Waals surface area contributed by atoms with Crippen LogP contribution in [0.2, 0.25) is 0 Å². The molecule has 0 amide bonds. The van der Waals surface area contributed by atoms with Crippen molar-refractivity contribution in [2.45, 2.75) is 0 Å². The Hall–Kier alpha value is -2.68. The zero-order valence-electron chi connectivity index (χ0n) is 9.98. The lowest BCUT2D eigenvalue weighted by molar-refractivity contribution is 0.392. The van der Waals surface area contributed by atoms with Crippen LogP contribution >= 0.6 is 0 Å². The molecule has 4 N–H and O–H groups in total. The summed E-state index contributed by atoms with van der Waals surface area (Å²) in [5, 5.41) is 25.7. The highest BCUT2D eigenvalue weighted by Gasteiger charge is 2.30. The third-order valence-electron chi connectivity index (χ3n) is 2.76. The fourth-order valence-electron chi connectivity index (χ4n) is 1.87. The standard InChI is InChI=1S/C11H10N4O4S/c16-10-2-1-7(8-3-4-12-13-8)5-9(10)15-6-11(17)14-20(15,18)19/h1-6,14,16-17H,(H,12,13). The Kier molecular flexibility index (Phi) is 2.57. The van der Waals surface area contributed by atoms with E-state index in [9.17, 15) is 18.6 Å². The summed E-state index contributed by atoms with van der Waals surface area (Å²) >= 11 is 0. The molecule has 2 aromatic rings. The maximum Gasteiger partial charge on any atom is 0.330 e. The molecule has 1 aromatic carbocycles. The molecule has 0 fully saturated rings. The summed E-state index contributed by atoms with van der Waals surface area (Å²) in [6.45, 7) is 0. The van der Waals surface area contributed by atoms with Crippen molar-refractivity contribution in [3.05, 3.63) is 42.5 Å². The smallest absolute Gasteiger partial charge is 0.330 e. The SMILES string of the molecule is O=S1(=O)NC(O)=CN1c1cc(-c2ccn[nH]2)ccc1O. The third kappa shape index (κ3) is 1.93. The van der Waals surface area contributed by atoms with E-state index in [0.717, 1.165) is 10.5 Å². The minimum absolute atomic E-state index is 0.0219. The van der Waals surface area contributed by atoms with Crippen LogP contribution in [-0.4, -0.2) is 28.8 Å². The van der Waals surface area contributed by atoms with Crippen molar-refractivity contribution in [2.24, 2.45) is 0 Å². The largest absolute Gasteiger partial charge is 0.506 e. The van der Waals surface area contributed by atoms with Gasteiger partial charge in [-0.15, -0.1) is 0 Å². The summed E-state index contributed by atoms with van der Waals surface area (Å²) < 4.78 is 26.3. The summed E-state index contributed by atoms with van der Waals surface area (Å²) in [5.74, 6) is -0.749. The van der Waals surface area contributed by atoms with Crippen LogP contribution in [0, 0.1) is 0 Å². The van der Waals surface area contributed by atoms with Crippen LogP contribution in [0.1, 0.15) is 0 Å². The number of nitrogens with zero attached hydrogens (tertiary/aromatic N) is 2. The van der Waals surface area contributed by atoms with E-state index < -0.39 is 16.1 Å². The summed E-state index contributed by atoms with van der Waals surface area (Å²) in [6.07, 6.45) is 2.53. The Balaban J connectivity index is 2.12. The number of aromatic nitrogens is 2. The molecular formula is C11H10N4O4S. The van der Waals surface area contributed by atoms with Crippen LogP contribution in [0.5, 0.6) is 5.75 Å². The molecule has 0 aliphatic carbocycles. The third-order valence-corrected chi connectivity index (χ3v) is 4.04. The molecule has 0 radical (unpaired) electrons. The Labute approximate surface area is 114 Å². The number of phenolic OH excluding ortho intramolecular Hbond substituents is 1. The Morgan fingerprint density at radius 1 is 1.20 bits per heavy atom. The number of nitrogens with one attached hydrogen (secondary N) is 2. The van der Waals surface area contributed by atoms with Crippen molar-refractivity contribution in [1.29, 1.82) is 0 Å². The van der Waals surface area contributed by atoms with Crippen molar-refractivity contribution in [3.8, 4) is 17.0 Å². The van der Waals surface area contributed by atoms with Gasteiger partial charge in [-0.05, 0) is 24.3 Å². The normalized spacial score (nSPS) is 16.8. The van der Waals surface area contributed by atoms with E-state index >= 15 is 0 Å². The predicted molar refractivity (Wildman–Crippen MR) is 70.9 cm³/mol. The maximum atomic E-state index is 11.8. The van der Waals surface area contributed by atoms with Crippen LogP contribution in [0.25, 0.3) is 11.3 Å². The average Bonchev–Trinajstić information content (AvgIpc) is 2.98. The lowest BCUT2D eigenvalue weighted by Gasteiger charge is -2.16. The number of benzene rings is 1. The number of hydrogen-bond acceptors (Lipinski definition) is 5. The van der Waals surface area contributed by atoms with Crippen LogP contribution in [0.3, 0.4) is 0 Å². The molecule has 0 unspecified atom stereocenters. The Morgan fingerprint density at radius 2 is 2.00 bits per heavy atom. The molecule has 0 bridgehead atoms. The monoisotopic (exact) mass is 294 g/mol. The van der Waals surface area contributed by atoms with Gasteiger partial charge in [0, 0.05) is 11.8 Å². The van der Waals surface area contributed by atoms with Gasteiger partial charge in [-0.1, -0.05) is 0 Å². The Morgan fingerprint density at radius 3 is 2.60 bits per heavy atom. The second-order valence-corrected chi connectivity index (χ2v) is 5.64. The fraction of sp³-hybridized carbons (Fsp3) is 0. The van der Waals surface area contributed by atoms with E-state index in [1.54, 1.807) is 18.3 Å². The lowest BCUT2D eigenvalue weighted by atomic mass is 10.1. The molecule has 20 heavy (non-hydrogen) atoms. The fourth-order valence-corrected chi connectivity index (χ4v) is 2.93. The molecule has 3 rings (SSSR count). The van der Waals surface area contributed by atoms with E-state index in [4.69, 9.17) is 0 Å². The van der Waals surface area contributed by atoms with Crippen molar-refractivity contribution in [1.82, 2.24) is 14.9 Å².